The fourth-order valence-corrected chi connectivity index (χ4v) is 2.70. The van der Waals surface area contributed by atoms with Gasteiger partial charge in [-0.3, -0.25) is 4.90 Å². The Morgan fingerprint density at radius 3 is 2.00 bits per heavy atom. The highest BCUT2D eigenvalue weighted by molar-refractivity contribution is 4.65. The Hall–Kier alpha value is -0.120. The Bertz CT molecular complexity index is 193. The highest BCUT2D eigenvalue weighted by Crippen LogP contribution is 2.13. The van der Waals surface area contributed by atoms with E-state index >= 15 is 0 Å². The first-order valence-corrected chi connectivity index (χ1v) is 8.34. The molecule has 3 heteroatoms. The van der Waals surface area contributed by atoms with E-state index < -0.39 is 0 Å². The molecule has 1 rings (SSSR count). The van der Waals surface area contributed by atoms with Crippen molar-refractivity contribution in [3.05, 3.63) is 0 Å². The number of aliphatic hydroxyl groups excluding tert-OH is 1. The molecule has 1 aliphatic heterocycles. The number of ether oxygens (including phenoxy) is 1. The van der Waals surface area contributed by atoms with E-state index in [-0.39, 0.29) is 6.23 Å². The lowest BCUT2D eigenvalue weighted by molar-refractivity contribution is -0.0623. The molecule has 0 radical (unpaired) electrons. The van der Waals surface area contributed by atoms with Crippen LogP contribution in [0.5, 0.6) is 0 Å². The van der Waals surface area contributed by atoms with Gasteiger partial charge in [-0.25, -0.2) is 0 Å². The molecule has 1 heterocycles. The molecule has 1 atom stereocenters. The third-order valence-corrected chi connectivity index (χ3v) is 4.03. The quantitative estimate of drug-likeness (QED) is 0.583. The summed E-state index contributed by atoms with van der Waals surface area (Å²) in [5, 5.41) is 10.0. The number of hydrogen-bond acceptors (Lipinski definition) is 3. The number of unbranched alkanes of at least 4 members (excludes halogenated alkanes) is 8. The molecule has 0 saturated carbocycles. The van der Waals surface area contributed by atoms with E-state index in [4.69, 9.17) is 4.74 Å². The van der Waals surface area contributed by atoms with Crippen LogP contribution in [0.2, 0.25) is 0 Å². The molecule has 0 amide bonds. The van der Waals surface area contributed by atoms with Crippen molar-refractivity contribution in [1.82, 2.24) is 4.90 Å². The number of aliphatic hydroxyl groups is 1. The standard InChI is InChI=1S/C16H33NO2/c1-2-3-4-5-6-7-8-9-10-11-16(18)17-12-14-19-15-13-17/h16,18H,2-15H2,1H3. The zero-order valence-electron chi connectivity index (χ0n) is 12.8. The molecule has 114 valence electrons. The summed E-state index contributed by atoms with van der Waals surface area (Å²) in [4.78, 5) is 2.15. The van der Waals surface area contributed by atoms with Crippen LogP contribution in [0, 0.1) is 0 Å². The number of morpholine rings is 1. The first kappa shape index (κ1) is 16.9. The van der Waals surface area contributed by atoms with Gasteiger partial charge in [-0.1, -0.05) is 58.3 Å². The van der Waals surface area contributed by atoms with E-state index in [0.717, 1.165) is 39.1 Å². The van der Waals surface area contributed by atoms with Gasteiger partial charge >= 0.3 is 0 Å². The fraction of sp³-hybridized carbons (Fsp3) is 1.00. The van der Waals surface area contributed by atoms with Gasteiger partial charge in [0.25, 0.3) is 0 Å². The number of nitrogens with zero attached hydrogens (tertiary/aromatic N) is 1. The fourth-order valence-electron chi connectivity index (χ4n) is 2.70. The highest BCUT2D eigenvalue weighted by atomic mass is 16.5. The molecule has 1 fully saturated rings. The summed E-state index contributed by atoms with van der Waals surface area (Å²) in [5.41, 5.74) is 0. The molecule has 1 N–H and O–H groups in total. The van der Waals surface area contributed by atoms with Crippen LogP contribution in [-0.4, -0.2) is 42.5 Å². The number of hydrogen-bond donors (Lipinski definition) is 1. The van der Waals surface area contributed by atoms with Crippen molar-refractivity contribution in [2.24, 2.45) is 0 Å². The summed E-state index contributed by atoms with van der Waals surface area (Å²) in [5.74, 6) is 0. The molecule has 0 aromatic heterocycles. The molecular weight excluding hydrogens is 238 g/mol. The van der Waals surface area contributed by atoms with Gasteiger partial charge in [0.2, 0.25) is 0 Å². The largest absolute Gasteiger partial charge is 0.379 e. The van der Waals surface area contributed by atoms with Crippen molar-refractivity contribution >= 4 is 0 Å². The average Bonchev–Trinajstić information content (AvgIpc) is 2.46. The minimum atomic E-state index is -0.242. The molecule has 1 unspecified atom stereocenters. The van der Waals surface area contributed by atoms with Crippen LogP contribution in [0.25, 0.3) is 0 Å². The SMILES string of the molecule is CCCCCCCCCCCC(O)N1CCOCC1. The predicted molar refractivity (Wildman–Crippen MR) is 80.2 cm³/mol. The lowest BCUT2D eigenvalue weighted by Gasteiger charge is -2.31. The van der Waals surface area contributed by atoms with E-state index in [1.165, 1.54) is 51.4 Å². The van der Waals surface area contributed by atoms with Crippen LogP contribution in [-0.2, 0) is 4.74 Å². The third kappa shape index (κ3) is 8.61. The minimum Gasteiger partial charge on any atom is -0.379 e. The van der Waals surface area contributed by atoms with Gasteiger partial charge in [-0.15, -0.1) is 0 Å². The zero-order chi connectivity index (χ0) is 13.8. The summed E-state index contributed by atoms with van der Waals surface area (Å²) >= 11 is 0. The van der Waals surface area contributed by atoms with Crippen LogP contribution in [0.3, 0.4) is 0 Å². The lowest BCUT2D eigenvalue weighted by Crippen LogP contribution is -2.43. The monoisotopic (exact) mass is 271 g/mol. The van der Waals surface area contributed by atoms with E-state index in [1.807, 2.05) is 0 Å². The van der Waals surface area contributed by atoms with Gasteiger partial charge in [-0.05, 0) is 12.8 Å². The summed E-state index contributed by atoms with van der Waals surface area (Å²) in [7, 11) is 0. The molecule has 0 aliphatic carbocycles. The first-order chi connectivity index (χ1) is 9.34. The maximum Gasteiger partial charge on any atom is 0.107 e. The van der Waals surface area contributed by atoms with Crippen molar-refractivity contribution in [2.75, 3.05) is 26.3 Å². The Morgan fingerprint density at radius 1 is 0.895 bits per heavy atom. The summed E-state index contributed by atoms with van der Waals surface area (Å²) in [6.07, 6.45) is 12.8. The van der Waals surface area contributed by atoms with Crippen LogP contribution in [0.4, 0.5) is 0 Å². The Balaban J connectivity index is 1.84. The maximum atomic E-state index is 10.0. The van der Waals surface area contributed by atoms with Crippen molar-refractivity contribution in [3.8, 4) is 0 Å². The average molecular weight is 271 g/mol. The van der Waals surface area contributed by atoms with Gasteiger partial charge in [0.15, 0.2) is 0 Å². The van der Waals surface area contributed by atoms with Gasteiger partial charge in [0.05, 0.1) is 13.2 Å². The smallest absolute Gasteiger partial charge is 0.107 e. The molecule has 0 spiro atoms. The van der Waals surface area contributed by atoms with Crippen molar-refractivity contribution in [3.63, 3.8) is 0 Å². The third-order valence-electron chi connectivity index (χ3n) is 4.03. The number of rotatable bonds is 11. The molecule has 0 aromatic rings. The Labute approximate surface area is 119 Å². The van der Waals surface area contributed by atoms with Gasteiger partial charge in [0, 0.05) is 13.1 Å². The highest BCUT2D eigenvalue weighted by Gasteiger charge is 2.17. The molecular formula is C16H33NO2. The van der Waals surface area contributed by atoms with Crippen LogP contribution in [0.15, 0.2) is 0 Å². The lowest BCUT2D eigenvalue weighted by atomic mass is 10.1. The normalized spacial score (nSPS) is 18.6. The molecule has 3 nitrogen and oxygen atoms in total. The molecule has 19 heavy (non-hydrogen) atoms. The molecule has 0 bridgehead atoms. The van der Waals surface area contributed by atoms with Gasteiger partial charge in [0.1, 0.15) is 6.23 Å². The van der Waals surface area contributed by atoms with Crippen LogP contribution >= 0.6 is 0 Å². The zero-order valence-corrected chi connectivity index (χ0v) is 12.8. The summed E-state index contributed by atoms with van der Waals surface area (Å²) < 4.78 is 5.29. The second kappa shape index (κ2) is 11.7. The van der Waals surface area contributed by atoms with Crippen LogP contribution in [0.1, 0.15) is 71.1 Å². The van der Waals surface area contributed by atoms with Crippen LogP contribution < -0.4 is 0 Å². The van der Waals surface area contributed by atoms with E-state index in [1.54, 1.807) is 0 Å². The topological polar surface area (TPSA) is 32.7 Å². The maximum absolute atomic E-state index is 10.0. The van der Waals surface area contributed by atoms with Crippen molar-refractivity contribution in [2.45, 2.75) is 77.4 Å². The minimum absolute atomic E-state index is 0.242. The summed E-state index contributed by atoms with van der Waals surface area (Å²) in [6, 6.07) is 0. The second-order valence-corrected chi connectivity index (χ2v) is 5.75. The second-order valence-electron chi connectivity index (χ2n) is 5.75. The van der Waals surface area contributed by atoms with Gasteiger partial charge < -0.3 is 9.84 Å². The Kier molecular flexibility index (Phi) is 10.4. The molecule has 1 saturated heterocycles. The summed E-state index contributed by atoms with van der Waals surface area (Å²) in [6.45, 7) is 5.58. The van der Waals surface area contributed by atoms with Crippen molar-refractivity contribution < 1.29 is 9.84 Å². The first-order valence-electron chi connectivity index (χ1n) is 8.34. The molecule has 0 aromatic carbocycles. The van der Waals surface area contributed by atoms with E-state index in [2.05, 4.69) is 11.8 Å². The molecule has 1 aliphatic rings. The van der Waals surface area contributed by atoms with E-state index in [9.17, 15) is 5.11 Å². The van der Waals surface area contributed by atoms with Gasteiger partial charge in [-0.2, -0.15) is 0 Å². The van der Waals surface area contributed by atoms with E-state index in [0.29, 0.717) is 0 Å². The van der Waals surface area contributed by atoms with Crippen molar-refractivity contribution in [1.29, 1.82) is 0 Å². The predicted octanol–water partition coefficient (Wildman–Crippen LogP) is 3.56. The Morgan fingerprint density at radius 2 is 1.42 bits per heavy atom.